The molecule has 0 aliphatic heterocycles. The Labute approximate surface area is 85.1 Å². The Hall–Kier alpha value is -0.995. The lowest BCUT2D eigenvalue weighted by Gasteiger charge is -2.09. The van der Waals surface area contributed by atoms with Crippen molar-refractivity contribution in [3.05, 3.63) is 23.8 Å². The first-order valence-corrected chi connectivity index (χ1v) is 4.60. The zero-order valence-corrected chi connectivity index (χ0v) is 8.62. The number of ether oxygens (including phenoxy) is 2. The maximum atomic E-state index is 8.94. The van der Waals surface area contributed by atoms with Gasteiger partial charge in [0.1, 0.15) is 20.2 Å². The summed E-state index contributed by atoms with van der Waals surface area (Å²) in [4.78, 5) is 0. The normalized spacial score (nSPS) is 10.1. The molecule has 0 bridgehead atoms. The summed E-state index contributed by atoms with van der Waals surface area (Å²) in [7, 11) is 3.61. The van der Waals surface area contributed by atoms with E-state index in [1.807, 2.05) is 26.0 Å². The highest BCUT2D eigenvalue weighted by atomic mass is 16.5. The van der Waals surface area contributed by atoms with Gasteiger partial charge in [0.15, 0.2) is 0 Å². The first-order chi connectivity index (χ1) is 6.77. The smallest absolute Gasteiger partial charge is 0.144 e. The molecule has 0 amide bonds. The molecule has 0 spiro atoms. The van der Waals surface area contributed by atoms with Crippen LogP contribution < -0.4 is 10.2 Å². The van der Waals surface area contributed by atoms with Gasteiger partial charge < -0.3 is 14.6 Å². The third-order valence-corrected chi connectivity index (χ3v) is 1.98. The maximum absolute atomic E-state index is 8.94. The van der Waals surface area contributed by atoms with Gasteiger partial charge in [0.05, 0.1) is 13.2 Å². The molecule has 76 valence electrons. The fraction of sp³-hybridized carbons (Fsp3) is 0.400. The van der Waals surface area contributed by atoms with Gasteiger partial charge >= 0.3 is 0 Å². The summed E-state index contributed by atoms with van der Waals surface area (Å²) in [5, 5.41) is 8.94. The van der Waals surface area contributed by atoms with Crippen molar-refractivity contribution in [2.24, 2.45) is 0 Å². The molecule has 0 fully saturated rings. The van der Waals surface area contributed by atoms with Crippen molar-refractivity contribution in [3.63, 3.8) is 0 Å². The lowest BCUT2D eigenvalue weighted by Crippen LogP contribution is -2.13. The maximum Gasteiger partial charge on any atom is 0.144 e. The van der Waals surface area contributed by atoms with Gasteiger partial charge in [-0.05, 0) is 17.1 Å². The first-order valence-electron chi connectivity index (χ1n) is 4.60. The van der Waals surface area contributed by atoms with Gasteiger partial charge in [-0.2, -0.15) is 0 Å². The van der Waals surface area contributed by atoms with Crippen LogP contribution in [0.15, 0.2) is 18.2 Å². The van der Waals surface area contributed by atoms with Crippen molar-refractivity contribution < 1.29 is 14.6 Å². The molecule has 0 unspecified atom stereocenters. The molecule has 1 rings (SSSR count). The van der Waals surface area contributed by atoms with E-state index < -0.39 is 0 Å². The average molecular weight is 194 g/mol. The summed E-state index contributed by atoms with van der Waals surface area (Å²) >= 11 is 0. The van der Waals surface area contributed by atoms with Gasteiger partial charge in [-0.1, -0.05) is 12.1 Å². The van der Waals surface area contributed by atoms with E-state index in [1.165, 1.54) is 0 Å². The Morgan fingerprint density at radius 2 is 2.14 bits per heavy atom. The van der Waals surface area contributed by atoms with Crippen LogP contribution >= 0.6 is 0 Å². The summed E-state index contributed by atoms with van der Waals surface area (Å²) in [5.41, 5.74) is 1.93. The zero-order chi connectivity index (χ0) is 10.4. The van der Waals surface area contributed by atoms with Gasteiger partial charge in [0.2, 0.25) is 0 Å². The molecular weight excluding hydrogens is 179 g/mol. The quantitative estimate of drug-likeness (QED) is 0.505. The van der Waals surface area contributed by atoms with Crippen molar-refractivity contribution in [2.45, 2.75) is 6.61 Å². The molecule has 1 aromatic rings. The largest absolute Gasteiger partial charge is 0.492 e. The summed E-state index contributed by atoms with van der Waals surface area (Å²) in [6.45, 7) is 1.15. The van der Waals surface area contributed by atoms with E-state index in [0.29, 0.717) is 13.2 Å². The number of methoxy groups -OCH3 is 1. The fourth-order valence-electron chi connectivity index (χ4n) is 1.13. The minimum absolute atomic E-state index is 0.0426. The Balaban J connectivity index is 2.64. The van der Waals surface area contributed by atoms with E-state index in [-0.39, 0.29) is 6.61 Å². The number of hydrogen-bond donors (Lipinski definition) is 1. The molecule has 0 aliphatic rings. The predicted molar refractivity (Wildman–Crippen MR) is 57.9 cm³/mol. The molecule has 0 radical (unpaired) electrons. The molecule has 1 N–H and O–H groups in total. The van der Waals surface area contributed by atoms with E-state index in [9.17, 15) is 0 Å². The average Bonchev–Trinajstić information content (AvgIpc) is 2.21. The molecule has 0 aliphatic carbocycles. The monoisotopic (exact) mass is 194 g/mol. The number of hydrogen-bond acceptors (Lipinski definition) is 3. The SMILES string of the molecule is Bc1ccc(CO)cc1OCCOC. The van der Waals surface area contributed by atoms with Crippen LogP contribution in [0.5, 0.6) is 5.75 Å². The predicted octanol–water partition coefficient (Wildman–Crippen LogP) is -0.538. The van der Waals surface area contributed by atoms with Crippen molar-refractivity contribution in [2.75, 3.05) is 20.3 Å². The van der Waals surface area contributed by atoms with Gasteiger partial charge in [-0.15, -0.1) is 0 Å². The highest BCUT2D eigenvalue weighted by Crippen LogP contribution is 2.09. The highest BCUT2D eigenvalue weighted by Gasteiger charge is 2.00. The Morgan fingerprint density at radius 1 is 1.36 bits per heavy atom. The molecular formula is C10H15BO3. The van der Waals surface area contributed by atoms with E-state index in [4.69, 9.17) is 14.6 Å². The second kappa shape index (κ2) is 5.68. The third kappa shape index (κ3) is 3.05. The number of aliphatic hydroxyl groups is 1. The zero-order valence-electron chi connectivity index (χ0n) is 8.62. The molecule has 14 heavy (non-hydrogen) atoms. The Bertz CT molecular complexity index is 289. The second-order valence-electron chi connectivity index (χ2n) is 3.10. The third-order valence-electron chi connectivity index (χ3n) is 1.98. The van der Waals surface area contributed by atoms with E-state index in [1.54, 1.807) is 7.11 Å². The summed E-state index contributed by atoms with van der Waals surface area (Å²) < 4.78 is 10.4. The topological polar surface area (TPSA) is 38.7 Å². The Morgan fingerprint density at radius 3 is 2.79 bits per heavy atom. The molecule has 1 aromatic carbocycles. The van der Waals surface area contributed by atoms with Gasteiger partial charge in [0.25, 0.3) is 0 Å². The fourth-order valence-corrected chi connectivity index (χ4v) is 1.13. The number of benzene rings is 1. The van der Waals surface area contributed by atoms with Gasteiger partial charge in [-0.3, -0.25) is 0 Å². The van der Waals surface area contributed by atoms with Crippen LogP contribution in [0.25, 0.3) is 0 Å². The van der Waals surface area contributed by atoms with Crippen molar-refractivity contribution in [1.29, 1.82) is 0 Å². The standard InChI is InChI=1S/C10H15BO3/c1-13-4-5-14-10-6-8(7-12)2-3-9(10)11/h2-3,6,12H,4-5,7,11H2,1H3. The minimum Gasteiger partial charge on any atom is -0.492 e. The van der Waals surface area contributed by atoms with Crippen LogP contribution in [0.2, 0.25) is 0 Å². The van der Waals surface area contributed by atoms with E-state index >= 15 is 0 Å². The first kappa shape index (κ1) is 11.1. The number of aliphatic hydroxyl groups excluding tert-OH is 1. The van der Waals surface area contributed by atoms with Crippen molar-refractivity contribution in [1.82, 2.24) is 0 Å². The molecule has 4 heteroatoms. The summed E-state index contributed by atoms with van der Waals surface area (Å²) in [6.07, 6.45) is 0. The van der Waals surface area contributed by atoms with Crippen LogP contribution in [-0.4, -0.2) is 33.3 Å². The highest BCUT2D eigenvalue weighted by molar-refractivity contribution is 6.34. The van der Waals surface area contributed by atoms with Gasteiger partial charge in [0, 0.05) is 7.11 Å². The van der Waals surface area contributed by atoms with Crippen LogP contribution in [0.4, 0.5) is 0 Å². The lowest BCUT2D eigenvalue weighted by molar-refractivity contribution is 0.146. The minimum atomic E-state index is 0.0426. The van der Waals surface area contributed by atoms with Gasteiger partial charge in [-0.25, -0.2) is 0 Å². The summed E-state index contributed by atoms with van der Waals surface area (Å²) in [5.74, 6) is 0.814. The van der Waals surface area contributed by atoms with E-state index in [0.717, 1.165) is 16.8 Å². The van der Waals surface area contributed by atoms with Crippen molar-refractivity contribution >= 4 is 13.3 Å². The molecule has 0 atom stereocenters. The Kier molecular flexibility index (Phi) is 4.49. The van der Waals surface area contributed by atoms with Crippen LogP contribution in [0, 0.1) is 0 Å². The second-order valence-corrected chi connectivity index (χ2v) is 3.10. The molecule has 0 saturated heterocycles. The molecule has 3 nitrogen and oxygen atoms in total. The molecule has 0 heterocycles. The lowest BCUT2D eigenvalue weighted by atomic mass is 9.94. The summed E-state index contributed by atoms with van der Waals surface area (Å²) in [6, 6.07) is 5.68. The van der Waals surface area contributed by atoms with Crippen LogP contribution in [-0.2, 0) is 11.3 Å². The van der Waals surface area contributed by atoms with Crippen LogP contribution in [0.1, 0.15) is 5.56 Å². The molecule has 0 aromatic heterocycles. The van der Waals surface area contributed by atoms with E-state index in [2.05, 4.69) is 0 Å². The number of rotatable bonds is 5. The van der Waals surface area contributed by atoms with Crippen LogP contribution in [0.3, 0.4) is 0 Å². The van der Waals surface area contributed by atoms with Crippen molar-refractivity contribution in [3.8, 4) is 5.75 Å². The molecule has 0 saturated carbocycles.